The molecule has 0 amide bonds. The third kappa shape index (κ3) is 4.07. The first-order chi connectivity index (χ1) is 9.19. The molecule has 19 heavy (non-hydrogen) atoms. The average Bonchev–Trinajstić information content (AvgIpc) is 2.38. The van der Waals surface area contributed by atoms with Gasteiger partial charge in [0.25, 0.3) is 0 Å². The Morgan fingerprint density at radius 3 is 2.53 bits per heavy atom. The van der Waals surface area contributed by atoms with Crippen LogP contribution in [0.1, 0.15) is 38.7 Å². The van der Waals surface area contributed by atoms with E-state index in [4.69, 9.17) is 5.73 Å². The second-order valence-corrected chi connectivity index (χ2v) is 5.78. The van der Waals surface area contributed by atoms with E-state index in [-0.39, 0.29) is 6.04 Å². The van der Waals surface area contributed by atoms with Gasteiger partial charge in [0.1, 0.15) is 0 Å². The standard InChI is InChI=1S/C18H25N/c1-3-6-14(2)11-18(19)13-15-9-10-16-7-4-5-8-17(16)12-15/h4-5,7-10,12,14,18H,3,6,11,13,19H2,1-2H3. The Morgan fingerprint density at radius 1 is 1.05 bits per heavy atom. The zero-order valence-corrected chi connectivity index (χ0v) is 12.1. The molecular formula is C18H25N. The maximum Gasteiger partial charge on any atom is 0.00818 e. The van der Waals surface area contributed by atoms with Crippen molar-refractivity contribution in [1.82, 2.24) is 0 Å². The van der Waals surface area contributed by atoms with Crippen molar-refractivity contribution in [3.05, 3.63) is 48.0 Å². The fourth-order valence-corrected chi connectivity index (χ4v) is 2.88. The lowest BCUT2D eigenvalue weighted by Gasteiger charge is -2.17. The van der Waals surface area contributed by atoms with Crippen LogP contribution in [0.3, 0.4) is 0 Å². The molecule has 0 spiro atoms. The molecule has 2 N–H and O–H groups in total. The van der Waals surface area contributed by atoms with Crippen LogP contribution >= 0.6 is 0 Å². The summed E-state index contributed by atoms with van der Waals surface area (Å²) >= 11 is 0. The highest BCUT2D eigenvalue weighted by molar-refractivity contribution is 5.82. The third-order valence-electron chi connectivity index (χ3n) is 3.80. The number of benzene rings is 2. The van der Waals surface area contributed by atoms with E-state index in [0.29, 0.717) is 0 Å². The molecule has 2 aromatic carbocycles. The van der Waals surface area contributed by atoms with Crippen LogP contribution in [0.5, 0.6) is 0 Å². The van der Waals surface area contributed by atoms with Crippen molar-refractivity contribution in [2.75, 3.05) is 0 Å². The number of hydrogen-bond acceptors (Lipinski definition) is 1. The third-order valence-corrected chi connectivity index (χ3v) is 3.80. The lowest BCUT2D eigenvalue weighted by atomic mass is 9.93. The predicted molar refractivity (Wildman–Crippen MR) is 84.3 cm³/mol. The van der Waals surface area contributed by atoms with Gasteiger partial charge in [0, 0.05) is 6.04 Å². The minimum absolute atomic E-state index is 0.280. The topological polar surface area (TPSA) is 26.0 Å². The minimum atomic E-state index is 0.280. The summed E-state index contributed by atoms with van der Waals surface area (Å²) in [4.78, 5) is 0. The van der Waals surface area contributed by atoms with Crippen LogP contribution in [0.4, 0.5) is 0 Å². The molecule has 2 atom stereocenters. The van der Waals surface area contributed by atoms with Crippen LogP contribution in [0.2, 0.25) is 0 Å². The Morgan fingerprint density at radius 2 is 1.79 bits per heavy atom. The van der Waals surface area contributed by atoms with Crippen LogP contribution in [0.15, 0.2) is 42.5 Å². The van der Waals surface area contributed by atoms with E-state index >= 15 is 0 Å². The van der Waals surface area contributed by atoms with Crippen molar-refractivity contribution in [2.24, 2.45) is 11.7 Å². The zero-order chi connectivity index (χ0) is 13.7. The molecule has 0 radical (unpaired) electrons. The van der Waals surface area contributed by atoms with E-state index in [0.717, 1.165) is 18.8 Å². The van der Waals surface area contributed by atoms with Gasteiger partial charge < -0.3 is 5.73 Å². The van der Waals surface area contributed by atoms with Crippen molar-refractivity contribution < 1.29 is 0 Å². The summed E-state index contributed by atoms with van der Waals surface area (Å²) < 4.78 is 0. The molecule has 1 nitrogen and oxygen atoms in total. The second kappa shape index (κ2) is 6.72. The van der Waals surface area contributed by atoms with Crippen molar-refractivity contribution in [3.63, 3.8) is 0 Å². The van der Waals surface area contributed by atoms with Gasteiger partial charge in [-0.15, -0.1) is 0 Å². The maximum atomic E-state index is 6.28. The van der Waals surface area contributed by atoms with E-state index in [2.05, 4.69) is 56.3 Å². The Bertz CT molecular complexity index is 518. The largest absolute Gasteiger partial charge is 0.327 e. The van der Waals surface area contributed by atoms with Gasteiger partial charge in [-0.1, -0.05) is 69.2 Å². The molecule has 2 aromatic rings. The van der Waals surface area contributed by atoms with Gasteiger partial charge in [-0.2, -0.15) is 0 Å². The summed E-state index contributed by atoms with van der Waals surface area (Å²) in [6, 6.07) is 15.5. The molecule has 2 rings (SSSR count). The molecule has 102 valence electrons. The molecule has 0 saturated carbocycles. The number of nitrogens with two attached hydrogens (primary N) is 1. The van der Waals surface area contributed by atoms with E-state index in [1.807, 2.05) is 0 Å². The SMILES string of the molecule is CCCC(C)CC(N)Cc1ccc2ccccc2c1. The normalized spacial score (nSPS) is 14.5. The first-order valence-electron chi connectivity index (χ1n) is 7.42. The van der Waals surface area contributed by atoms with Crippen molar-refractivity contribution in [2.45, 2.75) is 45.6 Å². The monoisotopic (exact) mass is 255 g/mol. The fourth-order valence-electron chi connectivity index (χ4n) is 2.88. The molecule has 0 aliphatic rings. The number of rotatable bonds is 6. The Hall–Kier alpha value is -1.34. The quantitative estimate of drug-likeness (QED) is 0.806. The number of fused-ring (bicyclic) bond motifs is 1. The lowest BCUT2D eigenvalue weighted by Crippen LogP contribution is -2.25. The lowest BCUT2D eigenvalue weighted by molar-refractivity contribution is 0.431. The second-order valence-electron chi connectivity index (χ2n) is 5.78. The van der Waals surface area contributed by atoms with Gasteiger partial charge in [0.15, 0.2) is 0 Å². The first-order valence-corrected chi connectivity index (χ1v) is 7.42. The highest BCUT2D eigenvalue weighted by Crippen LogP contribution is 2.18. The van der Waals surface area contributed by atoms with E-state index in [9.17, 15) is 0 Å². The molecular weight excluding hydrogens is 230 g/mol. The van der Waals surface area contributed by atoms with E-state index < -0.39 is 0 Å². The fraction of sp³-hybridized carbons (Fsp3) is 0.444. The van der Waals surface area contributed by atoms with Gasteiger partial charge in [-0.3, -0.25) is 0 Å². The predicted octanol–water partition coefficient (Wildman–Crippen LogP) is 4.54. The van der Waals surface area contributed by atoms with Crippen LogP contribution < -0.4 is 5.73 Å². The molecule has 2 unspecified atom stereocenters. The summed E-state index contributed by atoms with van der Waals surface area (Å²) in [5, 5.41) is 2.62. The summed E-state index contributed by atoms with van der Waals surface area (Å²) in [7, 11) is 0. The zero-order valence-electron chi connectivity index (χ0n) is 12.1. The van der Waals surface area contributed by atoms with Crippen LogP contribution in [0, 0.1) is 5.92 Å². The van der Waals surface area contributed by atoms with Crippen molar-refractivity contribution in [1.29, 1.82) is 0 Å². The molecule has 0 aromatic heterocycles. The molecule has 0 heterocycles. The summed E-state index contributed by atoms with van der Waals surface area (Å²) in [5.74, 6) is 0.737. The Labute approximate surface area is 116 Å². The van der Waals surface area contributed by atoms with Crippen LogP contribution in [-0.2, 0) is 6.42 Å². The van der Waals surface area contributed by atoms with Gasteiger partial charge in [0.05, 0.1) is 0 Å². The summed E-state index contributed by atoms with van der Waals surface area (Å²) in [6.07, 6.45) is 4.65. The maximum absolute atomic E-state index is 6.28. The van der Waals surface area contributed by atoms with Gasteiger partial charge >= 0.3 is 0 Å². The smallest absolute Gasteiger partial charge is 0.00818 e. The molecule has 0 saturated heterocycles. The Balaban J connectivity index is 2.00. The van der Waals surface area contributed by atoms with Crippen LogP contribution in [-0.4, -0.2) is 6.04 Å². The minimum Gasteiger partial charge on any atom is -0.327 e. The molecule has 0 bridgehead atoms. The van der Waals surface area contributed by atoms with Crippen LogP contribution in [0.25, 0.3) is 10.8 Å². The van der Waals surface area contributed by atoms with Crippen molar-refractivity contribution >= 4 is 10.8 Å². The highest BCUT2D eigenvalue weighted by Gasteiger charge is 2.09. The van der Waals surface area contributed by atoms with Gasteiger partial charge in [0.2, 0.25) is 0 Å². The van der Waals surface area contributed by atoms with Gasteiger partial charge in [-0.25, -0.2) is 0 Å². The van der Waals surface area contributed by atoms with E-state index in [1.165, 1.54) is 29.2 Å². The number of hydrogen-bond donors (Lipinski definition) is 1. The average molecular weight is 255 g/mol. The van der Waals surface area contributed by atoms with Crippen molar-refractivity contribution in [3.8, 4) is 0 Å². The van der Waals surface area contributed by atoms with Gasteiger partial charge in [-0.05, 0) is 35.1 Å². The summed E-state index contributed by atoms with van der Waals surface area (Å²) in [5.41, 5.74) is 7.64. The molecule has 0 aliphatic heterocycles. The molecule has 0 aliphatic carbocycles. The van der Waals surface area contributed by atoms with E-state index in [1.54, 1.807) is 0 Å². The highest BCUT2D eigenvalue weighted by atomic mass is 14.6. The Kier molecular flexibility index (Phi) is 4.98. The summed E-state index contributed by atoms with van der Waals surface area (Å²) in [6.45, 7) is 4.55. The molecule has 0 fully saturated rings. The first kappa shape index (κ1) is 14.1. The molecule has 1 heteroatoms.